The van der Waals surface area contributed by atoms with E-state index in [1.54, 1.807) is 9.80 Å². The number of nitro groups is 4. The Labute approximate surface area is 183 Å². The second kappa shape index (κ2) is 11.9. The van der Waals surface area contributed by atoms with Gasteiger partial charge in [0.2, 0.25) is 0 Å². The van der Waals surface area contributed by atoms with E-state index in [1.165, 1.54) is 0 Å². The summed E-state index contributed by atoms with van der Waals surface area (Å²) in [5.41, 5.74) is 0. The summed E-state index contributed by atoms with van der Waals surface area (Å²) in [4.78, 5) is 47.6. The van der Waals surface area contributed by atoms with E-state index in [0.29, 0.717) is 25.9 Å². The van der Waals surface area contributed by atoms with Crippen molar-refractivity contribution in [3.63, 3.8) is 0 Å². The average Bonchev–Trinajstić information content (AvgIpc) is 3.07. The summed E-state index contributed by atoms with van der Waals surface area (Å²) in [5.74, 6) is 0. The Hall–Kier alpha value is -3.28. The number of hydrazine groups is 4. The third-order valence-corrected chi connectivity index (χ3v) is 5.31. The summed E-state index contributed by atoms with van der Waals surface area (Å²) in [5, 5.41) is 45.9. The van der Waals surface area contributed by atoms with Crippen LogP contribution in [-0.2, 0) is 0 Å². The van der Waals surface area contributed by atoms with Gasteiger partial charge in [-0.25, -0.2) is 40.5 Å². The highest BCUT2D eigenvalue weighted by atomic mass is 16.7. The predicted octanol–water partition coefficient (Wildman–Crippen LogP) is -1.02. The van der Waals surface area contributed by atoms with Crippen LogP contribution >= 0.6 is 0 Å². The molecule has 0 aliphatic carbocycles. The summed E-state index contributed by atoms with van der Waals surface area (Å²) in [7, 11) is 0. The Bertz CT molecular complexity index is 580. The lowest BCUT2D eigenvalue weighted by molar-refractivity contribution is -0.666. The number of hydrogen-bond donors (Lipinski definition) is 0. The van der Waals surface area contributed by atoms with Crippen molar-refractivity contribution in [2.75, 3.05) is 65.9 Å². The first-order valence-electron chi connectivity index (χ1n) is 10.2. The molecule has 2 fully saturated rings. The van der Waals surface area contributed by atoms with Crippen molar-refractivity contribution in [1.29, 1.82) is 0 Å². The summed E-state index contributed by atoms with van der Waals surface area (Å²) in [6, 6.07) is 0. The van der Waals surface area contributed by atoms with Gasteiger partial charge in [-0.3, -0.25) is 9.80 Å². The molecule has 32 heavy (non-hydrogen) atoms. The van der Waals surface area contributed by atoms with E-state index in [2.05, 4.69) is 0 Å². The van der Waals surface area contributed by atoms with E-state index in [4.69, 9.17) is 0 Å². The minimum Gasteiger partial charge on any atom is -0.259 e. The maximum Gasteiger partial charge on any atom is 0.161 e. The van der Waals surface area contributed by atoms with Gasteiger partial charge < -0.3 is 0 Å². The van der Waals surface area contributed by atoms with Crippen LogP contribution in [0.2, 0.25) is 0 Å². The molecular formula is C14H28N10O8. The van der Waals surface area contributed by atoms with Crippen LogP contribution in [0.1, 0.15) is 25.7 Å². The van der Waals surface area contributed by atoms with E-state index >= 15 is 0 Å². The van der Waals surface area contributed by atoms with E-state index in [-0.39, 0.29) is 52.9 Å². The van der Waals surface area contributed by atoms with Crippen LogP contribution in [0.4, 0.5) is 0 Å². The van der Waals surface area contributed by atoms with Gasteiger partial charge in [-0.2, -0.15) is 0 Å². The number of rotatable bonds is 11. The fraction of sp³-hybridized carbons (Fsp3) is 1.00. The molecule has 0 spiro atoms. The van der Waals surface area contributed by atoms with Gasteiger partial charge in [0.1, 0.15) is 52.9 Å². The van der Waals surface area contributed by atoms with Crippen LogP contribution in [0.15, 0.2) is 0 Å². The Balaban J connectivity index is 1.74. The standard InChI is InChI=1S/C14H28N10O8/c25-21(26)17-7-8-18(22(27)28)12-15(11-17)5-3-1-2-4-6-16-13-19(23(29)30)9-10-20(14-16)24(31)32/h1-14H2. The highest BCUT2D eigenvalue weighted by Crippen LogP contribution is 2.10. The lowest BCUT2D eigenvalue weighted by Crippen LogP contribution is -2.42. The van der Waals surface area contributed by atoms with Crippen molar-refractivity contribution in [1.82, 2.24) is 29.8 Å². The zero-order valence-corrected chi connectivity index (χ0v) is 17.6. The fourth-order valence-corrected chi connectivity index (χ4v) is 3.60. The Morgan fingerprint density at radius 1 is 0.469 bits per heavy atom. The molecule has 0 bridgehead atoms. The molecule has 0 aromatic heterocycles. The topological polar surface area (TPSA) is 192 Å². The monoisotopic (exact) mass is 464 g/mol. The van der Waals surface area contributed by atoms with E-state index < -0.39 is 20.1 Å². The van der Waals surface area contributed by atoms with Crippen LogP contribution in [0.25, 0.3) is 0 Å². The van der Waals surface area contributed by atoms with Crippen LogP contribution in [0.3, 0.4) is 0 Å². The molecule has 2 heterocycles. The minimum atomic E-state index is -0.555. The quantitative estimate of drug-likeness (QED) is 0.205. The van der Waals surface area contributed by atoms with Crippen molar-refractivity contribution in [2.24, 2.45) is 0 Å². The number of hydrogen-bond acceptors (Lipinski definition) is 10. The van der Waals surface area contributed by atoms with Gasteiger partial charge >= 0.3 is 0 Å². The minimum absolute atomic E-state index is 0.00142. The largest absolute Gasteiger partial charge is 0.259 e. The third-order valence-electron chi connectivity index (χ3n) is 5.31. The molecule has 0 amide bonds. The predicted molar refractivity (Wildman–Crippen MR) is 106 cm³/mol. The molecule has 0 unspecified atom stereocenters. The molecular weight excluding hydrogens is 436 g/mol. The molecule has 0 aromatic carbocycles. The molecule has 0 saturated carbocycles. The van der Waals surface area contributed by atoms with E-state index in [9.17, 15) is 40.5 Å². The maximum absolute atomic E-state index is 11.1. The third kappa shape index (κ3) is 7.76. The molecule has 2 aliphatic rings. The summed E-state index contributed by atoms with van der Waals surface area (Å²) >= 11 is 0. The average molecular weight is 464 g/mol. The molecule has 18 nitrogen and oxygen atoms in total. The molecule has 18 heteroatoms. The normalized spacial score (nSPS) is 18.9. The van der Waals surface area contributed by atoms with Gasteiger partial charge in [0, 0.05) is 13.1 Å². The first-order valence-corrected chi connectivity index (χ1v) is 10.2. The molecule has 0 aromatic rings. The summed E-state index contributed by atoms with van der Waals surface area (Å²) in [6.07, 6.45) is 2.83. The van der Waals surface area contributed by atoms with E-state index in [1.807, 2.05) is 0 Å². The van der Waals surface area contributed by atoms with Crippen molar-refractivity contribution in [2.45, 2.75) is 25.7 Å². The lowest BCUT2D eigenvalue weighted by atomic mass is 10.2. The Morgan fingerprint density at radius 3 is 0.938 bits per heavy atom. The first kappa shape index (κ1) is 25.0. The lowest BCUT2D eigenvalue weighted by Gasteiger charge is -2.23. The molecule has 0 atom stereocenters. The van der Waals surface area contributed by atoms with Gasteiger partial charge in [-0.15, -0.1) is 20.0 Å². The fourth-order valence-electron chi connectivity index (χ4n) is 3.60. The maximum atomic E-state index is 11.1. The highest BCUT2D eigenvalue weighted by Gasteiger charge is 2.31. The smallest absolute Gasteiger partial charge is 0.161 e. The van der Waals surface area contributed by atoms with Crippen LogP contribution in [0.5, 0.6) is 0 Å². The summed E-state index contributed by atoms with van der Waals surface area (Å²) in [6.45, 7) is 0.732. The second-order valence-electron chi connectivity index (χ2n) is 7.64. The van der Waals surface area contributed by atoms with Gasteiger partial charge in [0.05, 0.1) is 0 Å². The van der Waals surface area contributed by atoms with Crippen molar-refractivity contribution in [3.8, 4) is 0 Å². The molecule has 0 N–H and O–H groups in total. The van der Waals surface area contributed by atoms with Crippen LogP contribution in [-0.4, -0.2) is 116 Å². The molecule has 2 rings (SSSR count). The number of unbranched alkanes of at least 4 members (excludes halogenated alkanes) is 3. The van der Waals surface area contributed by atoms with Gasteiger partial charge in [-0.1, -0.05) is 12.8 Å². The van der Waals surface area contributed by atoms with Crippen molar-refractivity contribution >= 4 is 0 Å². The van der Waals surface area contributed by atoms with Crippen LogP contribution in [0, 0.1) is 40.5 Å². The van der Waals surface area contributed by atoms with Gasteiger partial charge in [0.25, 0.3) is 0 Å². The number of nitrogens with zero attached hydrogens (tertiary/aromatic N) is 10. The van der Waals surface area contributed by atoms with Crippen molar-refractivity contribution in [3.05, 3.63) is 40.5 Å². The molecule has 182 valence electrons. The van der Waals surface area contributed by atoms with Crippen molar-refractivity contribution < 1.29 is 20.1 Å². The highest BCUT2D eigenvalue weighted by molar-refractivity contribution is 4.64. The molecule has 0 radical (unpaired) electrons. The first-order chi connectivity index (χ1) is 15.2. The van der Waals surface area contributed by atoms with E-state index in [0.717, 1.165) is 32.9 Å². The zero-order chi connectivity index (χ0) is 23.7. The van der Waals surface area contributed by atoms with Crippen LogP contribution < -0.4 is 0 Å². The molecule has 2 saturated heterocycles. The zero-order valence-electron chi connectivity index (χ0n) is 17.6. The SMILES string of the molecule is O=[N+]([O-])N1CCN([N+](=O)[O-])CN(CCCCCCN2CN([N+](=O)[O-])CCN([N+](=O)[O-])C2)C1. The Kier molecular flexibility index (Phi) is 9.32. The summed E-state index contributed by atoms with van der Waals surface area (Å²) < 4.78 is 0. The second-order valence-corrected chi connectivity index (χ2v) is 7.64. The Morgan fingerprint density at radius 2 is 0.719 bits per heavy atom. The molecule has 2 aliphatic heterocycles. The van der Waals surface area contributed by atoms with Gasteiger partial charge in [0.15, 0.2) is 20.1 Å². The van der Waals surface area contributed by atoms with Gasteiger partial charge in [-0.05, 0) is 12.8 Å².